The van der Waals surface area contributed by atoms with Gasteiger partial charge in [0, 0.05) is 12.5 Å². The van der Waals surface area contributed by atoms with Crippen molar-refractivity contribution >= 4 is 62.7 Å². The lowest BCUT2D eigenvalue weighted by atomic mass is 10.0. The fourth-order valence-corrected chi connectivity index (χ4v) is 5.77. The van der Waals surface area contributed by atoms with Gasteiger partial charge in [-0.2, -0.15) is 0 Å². The zero-order valence-electron chi connectivity index (χ0n) is 20.5. The summed E-state index contributed by atoms with van der Waals surface area (Å²) < 4.78 is 20.0. The quantitative estimate of drug-likeness (QED) is 0.406. The lowest BCUT2D eigenvalue weighted by Gasteiger charge is -2.29. The van der Waals surface area contributed by atoms with Gasteiger partial charge in [-0.25, -0.2) is 19.2 Å². The predicted molar refractivity (Wildman–Crippen MR) is 137 cm³/mol. The molecule has 1 aromatic carbocycles. The number of rotatable bonds is 5. The summed E-state index contributed by atoms with van der Waals surface area (Å²) in [5, 5.41) is 8.33. The van der Waals surface area contributed by atoms with Gasteiger partial charge in [0.25, 0.3) is 5.91 Å². The molecule has 2 aliphatic heterocycles. The highest BCUT2D eigenvalue weighted by molar-refractivity contribution is 7.18. The van der Waals surface area contributed by atoms with Gasteiger partial charge in [-0.05, 0) is 32.4 Å². The first kappa shape index (κ1) is 25.8. The van der Waals surface area contributed by atoms with Crippen LogP contribution in [-0.4, -0.2) is 51.8 Å². The molecule has 3 aromatic rings. The summed E-state index contributed by atoms with van der Waals surface area (Å²) in [6, 6.07) is 3.00. The average Bonchev–Trinajstić information content (AvgIpc) is 3.44. The SMILES string of the molecule is COc1cc(Cl)c2nc(C(C)(C)NC(=O)Nc3ccc4c(n3)CN(C3CCC(=O)NC3=O)C4=O)sc2c1F. The number of hydrogen-bond acceptors (Lipinski definition) is 8. The van der Waals surface area contributed by atoms with Crippen LogP contribution in [0, 0.1) is 5.82 Å². The third-order valence-corrected chi connectivity index (χ3v) is 7.98. The Morgan fingerprint density at radius 1 is 1.29 bits per heavy atom. The molecule has 0 spiro atoms. The number of carbonyl (C=O) groups excluding carboxylic acids is 4. The number of nitrogens with one attached hydrogen (secondary N) is 3. The van der Waals surface area contributed by atoms with Crippen LogP contribution in [0.2, 0.25) is 5.02 Å². The number of hydrogen-bond donors (Lipinski definition) is 3. The van der Waals surface area contributed by atoms with Gasteiger partial charge < -0.3 is 15.0 Å². The molecule has 4 heterocycles. The van der Waals surface area contributed by atoms with Crippen LogP contribution in [0.1, 0.15) is 47.7 Å². The number of benzene rings is 1. The van der Waals surface area contributed by atoms with Crippen molar-refractivity contribution in [2.24, 2.45) is 0 Å². The number of imide groups is 1. The molecule has 1 saturated heterocycles. The number of amides is 5. The van der Waals surface area contributed by atoms with E-state index in [9.17, 15) is 23.6 Å². The van der Waals surface area contributed by atoms with Crippen LogP contribution < -0.4 is 20.7 Å². The average molecular weight is 561 g/mol. The highest BCUT2D eigenvalue weighted by Gasteiger charge is 2.40. The Kier molecular flexibility index (Phi) is 6.43. The summed E-state index contributed by atoms with van der Waals surface area (Å²) in [7, 11) is 1.34. The van der Waals surface area contributed by atoms with Crippen molar-refractivity contribution in [3.05, 3.63) is 45.3 Å². The van der Waals surface area contributed by atoms with E-state index in [-0.39, 0.29) is 58.0 Å². The molecule has 2 aromatic heterocycles. The first-order chi connectivity index (χ1) is 18.0. The molecule has 198 valence electrons. The van der Waals surface area contributed by atoms with Crippen LogP contribution in [0.5, 0.6) is 5.75 Å². The Morgan fingerprint density at radius 3 is 2.76 bits per heavy atom. The van der Waals surface area contributed by atoms with Gasteiger partial charge in [0.05, 0.1) is 40.2 Å². The summed E-state index contributed by atoms with van der Waals surface area (Å²) in [5.41, 5.74) is -0.0101. The highest BCUT2D eigenvalue weighted by Crippen LogP contribution is 2.39. The Balaban J connectivity index is 1.30. The molecule has 1 fully saturated rings. The maximum absolute atomic E-state index is 14.7. The molecular formula is C24H22ClFN6O5S. The first-order valence-corrected chi connectivity index (χ1v) is 12.7. The molecule has 14 heteroatoms. The number of ether oxygens (including phenoxy) is 1. The summed E-state index contributed by atoms with van der Waals surface area (Å²) in [6.45, 7) is 3.49. The number of methoxy groups -OCH3 is 1. The summed E-state index contributed by atoms with van der Waals surface area (Å²) in [5.74, 6) is -1.64. The molecule has 0 aliphatic carbocycles. The van der Waals surface area contributed by atoms with E-state index in [4.69, 9.17) is 16.3 Å². The van der Waals surface area contributed by atoms with Crippen LogP contribution in [-0.2, 0) is 21.7 Å². The number of halogens is 2. The van der Waals surface area contributed by atoms with E-state index < -0.39 is 29.3 Å². The van der Waals surface area contributed by atoms with Crippen molar-refractivity contribution in [3.8, 4) is 5.75 Å². The van der Waals surface area contributed by atoms with Gasteiger partial charge in [0.15, 0.2) is 11.6 Å². The number of carbonyl (C=O) groups is 4. The van der Waals surface area contributed by atoms with Gasteiger partial charge in [-0.15, -0.1) is 11.3 Å². The van der Waals surface area contributed by atoms with Crippen LogP contribution in [0.25, 0.3) is 10.2 Å². The lowest BCUT2D eigenvalue weighted by molar-refractivity contribution is -0.136. The molecule has 1 atom stereocenters. The smallest absolute Gasteiger partial charge is 0.321 e. The molecule has 5 rings (SSSR count). The maximum atomic E-state index is 14.7. The second kappa shape index (κ2) is 9.48. The van der Waals surface area contributed by atoms with E-state index in [0.29, 0.717) is 16.3 Å². The number of nitrogens with zero attached hydrogens (tertiary/aromatic N) is 3. The van der Waals surface area contributed by atoms with Gasteiger partial charge >= 0.3 is 6.03 Å². The number of anilines is 1. The van der Waals surface area contributed by atoms with Crippen molar-refractivity contribution in [3.63, 3.8) is 0 Å². The van der Waals surface area contributed by atoms with Crippen molar-refractivity contribution in [1.82, 2.24) is 25.5 Å². The number of pyridine rings is 1. The van der Waals surface area contributed by atoms with Gasteiger partial charge in [0.1, 0.15) is 22.4 Å². The van der Waals surface area contributed by atoms with Crippen LogP contribution in [0.3, 0.4) is 0 Å². The van der Waals surface area contributed by atoms with E-state index in [1.165, 1.54) is 30.2 Å². The normalized spacial score (nSPS) is 17.4. The van der Waals surface area contributed by atoms with Gasteiger partial charge in [0.2, 0.25) is 11.8 Å². The van der Waals surface area contributed by atoms with Crippen molar-refractivity contribution in [2.75, 3.05) is 12.4 Å². The van der Waals surface area contributed by atoms with Crippen LogP contribution in [0.15, 0.2) is 18.2 Å². The highest BCUT2D eigenvalue weighted by atomic mass is 35.5. The topological polar surface area (TPSA) is 143 Å². The number of thiazole rings is 1. The number of urea groups is 1. The van der Waals surface area contributed by atoms with E-state index >= 15 is 0 Å². The molecule has 38 heavy (non-hydrogen) atoms. The Hall–Kier alpha value is -3.84. The third-order valence-electron chi connectivity index (χ3n) is 6.32. The molecule has 11 nitrogen and oxygen atoms in total. The van der Waals surface area contributed by atoms with Gasteiger partial charge in [-0.1, -0.05) is 11.6 Å². The van der Waals surface area contributed by atoms with Crippen molar-refractivity contribution < 1.29 is 28.3 Å². The largest absolute Gasteiger partial charge is 0.494 e. The Bertz CT molecular complexity index is 1530. The lowest BCUT2D eigenvalue weighted by Crippen LogP contribution is -2.52. The minimum absolute atomic E-state index is 0.00135. The number of fused-ring (bicyclic) bond motifs is 2. The standard InChI is InChI=1S/C24H22ClFN6O5S/c1-24(2,22-30-18-11(25)8-14(37-3)17(26)19(18)38-22)31-23(36)28-15-6-4-10-12(27-15)9-32(21(10)35)13-5-7-16(33)29-20(13)34/h4,6,8,13H,5,7,9H2,1-3H3,(H,29,33,34)(H2,27,28,31,36). The van der Waals surface area contributed by atoms with Crippen molar-refractivity contribution in [2.45, 2.75) is 44.8 Å². The molecule has 3 N–H and O–H groups in total. The van der Waals surface area contributed by atoms with E-state index in [1.54, 1.807) is 13.8 Å². The van der Waals surface area contributed by atoms with Crippen LogP contribution in [0.4, 0.5) is 15.0 Å². The Morgan fingerprint density at radius 2 is 2.05 bits per heavy atom. The molecular weight excluding hydrogens is 539 g/mol. The number of piperidine rings is 1. The predicted octanol–water partition coefficient (Wildman–Crippen LogP) is 3.31. The zero-order chi connectivity index (χ0) is 27.4. The summed E-state index contributed by atoms with van der Waals surface area (Å²) >= 11 is 7.29. The minimum Gasteiger partial charge on any atom is -0.494 e. The fourth-order valence-electron chi connectivity index (χ4n) is 4.40. The fraction of sp³-hybridized carbons (Fsp3) is 0.333. The molecule has 5 amide bonds. The minimum atomic E-state index is -1.01. The zero-order valence-corrected chi connectivity index (χ0v) is 22.1. The van der Waals surface area contributed by atoms with E-state index in [0.717, 1.165) is 11.3 Å². The number of aromatic nitrogens is 2. The molecule has 1 unspecified atom stereocenters. The maximum Gasteiger partial charge on any atom is 0.321 e. The monoisotopic (exact) mass is 560 g/mol. The molecule has 0 bridgehead atoms. The molecule has 0 radical (unpaired) electrons. The second-order valence-corrected chi connectivity index (χ2v) is 10.8. The van der Waals surface area contributed by atoms with E-state index in [2.05, 4.69) is 25.9 Å². The van der Waals surface area contributed by atoms with Crippen LogP contribution >= 0.6 is 22.9 Å². The molecule has 0 saturated carbocycles. The summed E-state index contributed by atoms with van der Waals surface area (Å²) in [4.78, 5) is 59.5. The Labute approximate surface area is 224 Å². The van der Waals surface area contributed by atoms with Gasteiger partial charge in [-0.3, -0.25) is 25.0 Å². The van der Waals surface area contributed by atoms with E-state index in [1.807, 2.05) is 0 Å². The molecule has 2 aliphatic rings. The first-order valence-electron chi connectivity index (χ1n) is 11.5. The van der Waals surface area contributed by atoms with Crippen molar-refractivity contribution in [1.29, 1.82) is 0 Å². The third kappa shape index (κ3) is 4.52. The summed E-state index contributed by atoms with van der Waals surface area (Å²) in [6.07, 6.45) is 0.383. The second-order valence-electron chi connectivity index (χ2n) is 9.37.